The minimum absolute atomic E-state index is 0.239. The first kappa shape index (κ1) is 9.96. The topological polar surface area (TPSA) is 32.7 Å². The molecule has 0 aromatic heterocycles. The Balaban J connectivity index is 2.42. The van der Waals surface area contributed by atoms with E-state index < -0.39 is 0 Å². The summed E-state index contributed by atoms with van der Waals surface area (Å²) in [7, 11) is 0. The summed E-state index contributed by atoms with van der Waals surface area (Å²) in [5, 5.41) is 9.01. The second-order valence-electron chi connectivity index (χ2n) is 3.71. The van der Waals surface area contributed by atoms with Crippen LogP contribution >= 0.6 is 0 Å². The van der Waals surface area contributed by atoms with E-state index >= 15 is 0 Å². The molecule has 1 heterocycles. The predicted octanol–water partition coefficient (Wildman–Crippen LogP) is 0.336. The van der Waals surface area contributed by atoms with Gasteiger partial charge in [-0.2, -0.15) is 0 Å². The second-order valence-corrected chi connectivity index (χ2v) is 3.71. The normalized spacial score (nSPS) is 27.5. The number of nitrogens with zero attached hydrogens (tertiary/aromatic N) is 1. The van der Waals surface area contributed by atoms with Crippen molar-refractivity contribution in [3.8, 4) is 0 Å². The SMILES string of the molecule is CC(C)N1CCOCC(CO)C1. The van der Waals surface area contributed by atoms with Gasteiger partial charge in [0.1, 0.15) is 0 Å². The van der Waals surface area contributed by atoms with Gasteiger partial charge in [-0.3, -0.25) is 4.90 Å². The van der Waals surface area contributed by atoms with E-state index in [2.05, 4.69) is 18.7 Å². The standard InChI is InChI=1S/C9H19NO2/c1-8(2)10-3-4-12-7-9(5-10)6-11/h8-9,11H,3-7H2,1-2H3. The van der Waals surface area contributed by atoms with Gasteiger partial charge in [0.05, 0.1) is 13.2 Å². The first-order valence-electron chi connectivity index (χ1n) is 4.66. The van der Waals surface area contributed by atoms with Crippen molar-refractivity contribution in [3.05, 3.63) is 0 Å². The van der Waals surface area contributed by atoms with E-state index in [1.807, 2.05) is 0 Å². The smallest absolute Gasteiger partial charge is 0.0593 e. The highest BCUT2D eigenvalue weighted by atomic mass is 16.5. The highest BCUT2D eigenvalue weighted by Crippen LogP contribution is 2.08. The van der Waals surface area contributed by atoms with E-state index in [1.54, 1.807) is 0 Å². The fourth-order valence-electron chi connectivity index (χ4n) is 1.49. The van der Waals surface area contributed by atoms with Crippen molar-refractivity contribution in [1.82, 2.24) is 4.90 Å². The monoisotopic (exact) mass is 173 g/mol. The van der Waals surface area contributed by atoms with Crippen LogP contribution in [0.25, 0.3) is 0 Å². The van der Waals surface area contributed by atoms with E-state index in [0.717, 1.165) is 19.7 Å². The van der Waals surface area contributed by atoms with Crippen LogP contribution in [0.1, 0.15) is 13.8 Å². The van der Waals surface area contributed by atoms with Crippen molar-refractivity contribution >= 4 is 0 Å². The molecule has 0 spiro atoms. The van der Waals surface area contributed by atoms with Crippen molar-refractivity contribution < 1.29 is 9.84 Å². The van der Waals surface area contributed by atoms with Crippen LogP contribution in [0.4, 0.5) is 0 Å². The lowest BCUT2D eigenvalue weighted by Gasteiger charge is -2.25. The Morgan fingerprint density at radius 2 is 2.33 bits per heavy atom. The fraction of sp³-hybridized carbons (Fsp3) is 1.00. The van der Waals surface area contributed by atoms with Crippen molar-refractivity contribution in [1.29, 1.82) is 0 Å². The predicted molar refractivity (Wildman–Crippen MR) is 48.1 cm³/mol. The van der Waals surface area contributed by atoms with Gasteiger partial charge in [0, 0.05) is 31.7 Å². The quantitative estimate of drug-likeness (QED) is 0.653. The number of aliphatic hydroxyl groups is 1. The highest BCUT2D eigenvalue weighted by molar-refractivity contribution is 4.71. The first-order chi connectivity index (χ1) is 5.74. The molecule has 1 rings (SSSR count). The Labute approximate surface area is 74.3 Å². The number of aliphatic hydroxyl groups excluding tert-OH is 1. The molecule has 1 unspecified atom stereocenters. The van der Waals surface area contributed by atoms with Crippen LogP contribution in [0, 0.1) is 5.92 Å². The third-order valence-corrected chi connectivity index (χ3v) is 2.36. The van der Waals surface area contributed by atoms with Crippen molar-refractivity contribution in [2.24, 2.45) is 5.92 Å². The van der Waals surface area contributed by atoms with Crippen LogP contribution in [-0.2, 0) is 4.74 Å². The third-order valence-electron chi connectivity index (χ3n) is 2.36. The average Bonchev–Trinajstić information content (AvgIpc) is 2.28. The molecule has 0 bridgehead atoms. The molecule has 1 N–H and O–H groups in total. The lowest BCUT2D eigenvalue weighted by molar-refractivity contribution is 0.0957. The van der Waals surface area contributed by atoms with Gasteiger partial charge < -0.3 is 9.84 Å². The lowest BCUT2D eigenvalue weighted by atomic mass is 10.1. The number of ether oxygens (including phenoxy) is 1. The van der Waals surface area contributed by atoms with Crippen LogP contribution in [0.2, 0.25) is 0 Å². The fourth-order valence-corrected chi connectivity index (χ4v) is 1.49. The first-order valence-corrected chi connectivity index (χ1v) is 4.66. The highest BCUT2D eigenvalue weighted by Gasteiger charge is 2.19. The number of hydrogen-bond acceptors (Lipinski definition) is 3. The summed E-state index contributed by atoms with van der Waals surface area (Å²) in [4.78, 5) is 2.36. The van der Waals surface area contributed by atoms with Crippen LogP contribution in [0.3, 0.4) is 0 Å². The summed E-state index contributed by atoms with van der Waals surface area (Å²) in [5.41, 5.74) is 0. The summed E-state index contributed by atoms with van der Waals surface area (Å²) in [6.07, 6.45) is 0. The molecular formula is C9H19NO2. The Hall–Kier alpha value is -0.120. The second kappa shape index (κ2) is 4.80. The van der Waals surface area contributed by atoms with Gasteiger partial charge in [-0.1, -0.05) is 0 Å². The summed E-state index contributed by atoms with van der Waals surface area (Å²) in [5.74, 6) is 0.301. The molecule has 0 aliphatic carbocycles. The molecule has 72 valence electrons. The molecule has 0 radical (unpaired) electrons. The molecule has 0 saturated carbocycles. The average molecular weight is 173 g/mol. The summed E-state index contributed by atoms with van der Waals surface area (Å²) >= 11 is 0. The molecular weight excluding hydrogens is 154 g/mol. The third kappa shape index (κ3) is 2.73. The van der Waals surface area contributed by atoms with Crippen molar-refractivity contribution in [2.75, 3.05) is 32.9 Å². The maximum absolute atomic E-state index is 9.01. The molecule has 0 aromatic rings. The zero-order chi connectivity index (χ0) is 8.97. The molecule has 1 aliphatic heterocycles. The molecule has 3 nitrogen and oxygen atoms in total. The lowest BCUT2D eigenvalue weighted by Crippen LogP contribution is -2.36. The molecule has 3 heteroatoms. The Kier molecular flexibility index (Phi) is 3.98. The van der Waals surface area contributed by atoms with E-state index in [-0.39, 0.29) is 6.61 Å². The van der Waals surface area contributed by atoms with Gasteiger partial charge in [-0.25, -0.2) is 0 Å². The zero-order valence-electron chi connectivity index (χ0n) is 7.99. The number of hydrogen-bond donors (Lipinski definition) is 1. The Morgan fingerprint density at radius 3 is 2.92 bits per heavy atom. The number of rotatable bonds is 2. The maximum atomic E-state index is 9.01. The molecule has 1 saturated heterocycles. The van der Waals surface area contributed by atoms with Crippen LogP contribution < -0.4 is 0 Å². The van der Waals surface area contributed by atoms with Gasteiger partial charge in [0.15, 0.2) is 0 Å². The minimum atomic E-state index is 0.239. The molecule has 0 aromatic carbocycles. The molecule has 0 amide bonds. The van der Waals surface area contributed by atoms with Gasteiger partial charge in [-0.15, -0.1) is 0 Å². The summed E-state index contributed by atoms with van der Waals surface area (Å²) in [6, 6.07) is 0.556. The van der Waals surface area contributed by atoms with Crippen molar-refractivity contribution in [2.45, 2.75) is 19.9 Å². The maximum Gasteiger partial charge on any atom is 0.0593 e. The van der Waals surface area contributed by atoms with E-state index in [9.17, 15) is 0 Å². The van der Waals surface area contributed by atoms with Crippen LogP contribution in [0.15, 0.2) is 0 Å². The molecule has 1 aliphatic rings. The van der Waals surface area contributed by atoms with E-state index in [1.165, 1.54) is 0 Å². The van der Waals surface area contributed by atoms with Gasteiger partial charge in [0.25, 0.3) is 0 Å². The van der Waals surface area contributed by atoms with Gasteiger partial charge >= 0.3 is 0 Å². The van der Waals surface area contributed by atoms with E-state index in [0.29, 0.717) is 18.6 Å². The Bertz CT molecular complexity index is 128. The summed E-state index contributed by atoms with van der Waals surface area (Å²) in [6.45, 7) is 8.07. The van der Waals surface area contributed by atoms with Crippen molar-refractivity contribution in [3.63, 3.8) is 0 Å². The largest absolute Gasteiger partial charge is 0.396 e. The Morgan fingerprint density at radius 1 is 1.58 bits per heavy atom. The van der Waals surface area contributed by atoms with Crippen LogP contribution in [0.5, 0.6) is 0 Å². The molecule has 1 atom stereocenters. The van der Waals surface area contributed by atoms with Gasteiger partial charge in [0.2, 0.25) is 0 Å². The van der Waals surface area contributed by atoms with Crippen LogP contribution in [-0.4, -0.2) is 49.0 Å². The zero-order valence-corrected chi connectivity index (χ0v) is 7.99. The van der Waals surface area contributed by atoms with Gasteiger partial charge in [-0.05, 0) is 13.8 Å². The molecule has 12 heavy (non-hydrogen) atoms. The molecule has 1 fully saturated rings. The summed E-state index contributed by atoms with van der Waals surface area (Å²) < 4.78 is 5.38. The van der Waals surface area contributed by atoms with E-state index in [4.69, 9.17) is 9.84 Å². The minimum Gasteiger partial charge on any atom is -0.396 e.